The zero-order chi connectivity index (χ0) is 38.0. The molecule has 1 aliphatic heterocycles. The second-order valence-corrected chi connectivity index (χ2v) is 14.2. The number of aromatic nitrogens is 3. The fourth-order valence-corrected chi connectivity index (χ4v) is 6.43. The third kappa shape index (κ3) is 8.40. The van der Waals surface area contributed by atoms with Crippen molar-refractivity contribution in [2.24, 2.45) is 0 Å². The fraction of sp³-hybridized carbons (Fsp3) is 0.350. The van der Waals surface area contributed by atoms with Crippen molar-refractivity contribution in [1.82, 2.24) is 19.9 Å². The zero-order valence-corrected chi connectivity index (χ0v) is 30.9. The minimum Gasteiger partial charge on any atom is -0.497 e. The molecule has 1 amide bonds. The molecule has 1 aliphatic rings. The molecule has 6 rings (SSSR count). The standard InChI is InChI=1S/C40H43F3N6O4/c1-24-18-32(44-33(19-24)48(22-26-8-12-28(51-6)13-9-26)23-27-10-14-29(52-7)15-11-27)34-31(41)20-30-36(35(34)42)45-38(43)46-37(30)49-17-16-47(21-25(49)2)39(50)53-40(3,4)5/h8-15,18-20,25H,16-17,21-23H2,1-7H3/t25-/m0/s1. The average Bonchev–Trinajstić information content (AvgIpc) is 3.11. The normalized spacial score (nSPS) is 14.7. The number of fused-ring (bicyclic) bond motifs is 1. The first kappa shape index (κ1) is 37.2. The lowest BCUT2D eigenvalue weighted by molar-refractivity contribution is 0.0218. The van der Waals surface area contributed by atoms with Crippen molar-refractivity contribution in [3.8, 4) is 22.8 Å². The number of ether oxygens (including phenoxy) is 3. The number of rotatable bonds is 9. The number of hydrogen-bond donors (Lipinski definition) is 0. The van der Waals surface area contributed by atoms with Crippen LogP contribution in [0.15, 0.2) is 66.7 Å². The predicted octanol–water partition coefficient (Wildman–Crippen LogP) is 8.09. The van der Waals surface area contributed by atoms with Crippen molar-refractivity contribution in [1.29, 1.82) is 0 Å². The summed E-state index contributed by atoms with van der Waals surface area (Å²) >= 11 is 0. The first-order valence-corrected chi connectivity index (χ1v) is 17.3. The highest BCUT2D eigenvalue weighted by atomic mass is 19.1. The van der Waals surface area contributed by atoms with E-state index in [0.717, 1.165) is 28.7 Å². The van der Waals surface area contributed by atoms with Crippen molar-refractivity contribution >= 4 is 28.6 Å². The summed E-state index contributed by atoms with van der Waals surface area (Å²) in [6, 6.07) is 19.5. The number of hydrogen-bond acceptors (Lipinski definition) is 9. The molecular formula is C40H43F3N6O4. The van der Waals surface area contributed by atoms with Gasteiger partial charge in [0, 0.05) is 44.2 Å². The summed E-state index contributed by atoms with van der Waals surface area (Å²) in [7, 11) is 3.20. The quantitative estimate of drug-likeness (QED) is 0.140. The molecule has 0 N–H and O–H groups in total. The minimum absolute atomic E-state index is 0.0104. The number of carbonyl (C=O) groups is 1. The highest BCUT2D eigenvalue weighted by molar-refractivity contribution is 5.93. The van der Waals surface area contributed by atoms with E-state index in [1.165, 1.54) is 0 Å². The highest BCUT2D eigenvalue weighted by Gasteiger charge is 2.33. The molecule has 2 aromatic heterocycles. The van der Waals surface area contributed by atoms with Gasteiger partial charge in [-0.2, -0.15) is 14.4 Å². The van der Waals surface area contributed by atoms with Crippen LogP contribution in [0.3, 0.4) is 0 Å². The van der Waals surface area contributed by atoms with Crippen LogP contribution in [-0.2, 0) is 17.8 Å². The van der Waals surface area contributed by atoms with Gasteiger partial charge in [0.2, 0.25) is 0 Å². The average molecular weight is 729 g/mol. The Bertz CT molecular complexity index is 2060. The molecule has 1 atom stereocenters. The van der Waals surface area contributed by atoms with Gasteiger partial charge in [0.15, 0.2) is 5.82 Å². The second kappa shape index (κ2) is 15.2. The summed E-state index contributed by atoms with van der Waals surface area (Å²) < 4.78 is 64.2. The number of halogens is 3. The first-order valence-electron chi connectivity index (χ1n) is 17.3. The molecular weight excluding hydrogens is 685 g/mol. The molecule has 1 saturated heterocycles. The van der Waals surface area contributed by atoms with Crippen molar-refractivity contribution in [3.05, 3.63) is 101 Å². The Labute approximate surface area is 307 Å². The van der Waals surface area contributed by atoms with E-state index >= 15 is 13.2 Å². The molecule has 1 fully saturated rings. The lowest BCUT2D eigenvalue weighted by Gasteiger charge is -2.41. The summed E-state index contributed by atoms with van der Waals surface area (Å²) in [5.41, 5.74) is 1.21. The van der Waals surface area contributed by atoms with Gasteiger partial charge in [0.05, 0.1) is 25.5 Å². The van der Waals surface area contributed by atoms with E-state index < -0.39 is 35.0 Å². The number of pyridine rings is 1. The van der Waals surface area contributed by atoms with Crippen molar-refractivity contribution in [3.63, 3.8) is 0 Å². The number of aryl methyl sites for hydroxylation is 1. The van der Waals surface area contributed by atoms with Gasteiger partial charge in [-0.1, -0.05) is 24.3 Å². The Morgan fingerprint density at radius 2 is 1.47 bits per heavy atom. The van der Waals surface area contributed by atoms with E-state index in [4.69, 9.17) is 19.2 Å². The Morgan fingerprint density at radius 1 is 0.868 bits per heavy atom. The summed E-state index contributed by atoms with van der Waals surface area (Å²) in [5.74, 6) is 0.00752. The van der Waals surface area contributed by atoms with Crippen molar-refractivity contribution in [2.75, 3.05) is 43.7 Å². The van der Waals surface area contributed by atoms with Crippen molar-refractivity contribution in [2.45, 2.75) is 59.4 Å². The SMILES string of the molecule is COc1ccc(CN(Cc2ccc(OC)cc2)c2cc(C)cc(-c3c(F)cc4c(N5CCN(C(=O)OC(C)(C)C)C[C@@H]5C)nc(F)nc4c3F)n2)cc1. The number of carbonyl (C=O) groups excluding carboxylic acids is 1. The maximum absolute atomic E-state index is 16.6. The van der Waals surface area contributed by atoms with Crippen molar-refractivity contribution < 1.29 is 32.2 Å². The van der Waals surface area contributed by atoms with Gasteiger partial charge in [-0.25, -0.2) is 18.6 Å². The number of piperazine rings is 1. The topological polar surface area (TPSA) is 93.2 Å². The molecule has 0 aliphatic carbocycles. The molecule has 10 nitrogen and oxygen atoms in total. The van der Waals surface area contributed by atoms with Gasteiger partial charge in [0.1, 0.15) is 40.1 Å². The third-order valence-corrected chi connectivity index (χ3v) is 8.99. The monoisotopic (exact) mass is 728 g/mol. The molecule has 0 spiro atoms. The van der Waals surface area contributed by atoms with E-state index in [2.05, 4.69) is 9.97 Å². The van der Waals surface area contributed by atoms with Crippen LogP contribution in [0.4, 0.5) is 29.6 Å². The molecule has 0 bridgehead atoms. The number of amides is 1. The molecule has 0 unspecified atom stereocenters. The van der Waals surface area contributed by atoms with Crippen LogP contribution in [0.2, 0.25) is 0 Å². The van der Waals surface area contributed by atoms with Crippen LogP contribution in [0, 0.1) is 24.6 Å². The first-order chi connectivity index (χ1) is 25.2. The van der Waals surface area contributed by atoms with E-state index in [-0.39, 0.29) is 48.1 Å². The van der Waals surface area contributed by atoms with Gasteiger partial charge in [-0.05, 0) is 93.8 Å². The number of nitrogens with zero attached hydrogens (tertiary/aromatic N) is 6. The Hall–Kier alpha value is -5.59. The van der Waals surface area contributed by atoms with E-state index in [1.54, 1.807) is 50.9 Å². The lowest BCUT2D eigenvalue weighted by Crippen LogP contribution is -2.55. The summed E-state index contributed by atoms with van der Waals surface area (Å²) in [6.07, 6.45) is -1.63. The van der Waals surface area contributed by atoms with E-state index in [0.29, 0.717) is 24.5 Å². The highest BCUT2D eigenvalue weighted by Crippen LogP contribution is 2.36. The summed E-state index contributed by atoms with van der Waals surface area (Å²) in [4.78, 5) is 30.6. The van der Waals surface area contributed by atoms with Gasteiger partial charge < -0.3 is 28.9 Å². The molecule has 278 valence electrons. The van der Waals surface area contributed by atoms with Crippen LogP contribution in [0.25, 0.3) is 22.2 Å². The number of benzene rings is 3. The molecule has 3 aromatic carbocycles. The van der Waals surface area contributed by atoms with Crippen LogP contribution in [-0.4, -0.2) is 71.4 Å². The fourth-order valence-electron chi connectivity index (χ4n) is 6.43. The Balaban J connectivity index is 1.37. The smallest absolute Gasteiger partial charge is 0.410 e. The summed E-state index contributed by atoms with van der Waals surface area (Å²) in [6.45, 7) is 10.6. The lowest BCUT2D eigenvalue weighted by atomic mass is 10.0. The third-order valence-electron chi connectivity index (χ3n) is 8.99. The molecule has 5 aromatic rings. The van der Waals surface area contributed by atoms with E-state index in [1.807, 2.05) is 73.3 Å². The maximum Gasteiger partial charge on any atom is 0.410 e. The minimum atomic E-state index is -1.16. The number of methoxy groups -OCH3 is 2. The van der Waals surface area contributed by atoms with Gasteiger partial charge in [-0.15, -0.1) is 0 Å². The Kier molecular flexibility index (Phi) is 10.6. The van der Waals surface area contributed by atoms with Crippen LogP contribution in [0.1, 0.15) is 44.4 Å². The predicted molar refractivity (Wildman–Crippen MR) is 198 cm³/mol. The van der Waals surface area contributed by atoms with E-state index in [9.17, 15) is 4.79 Å². The van der Waals surface area contributed by atoms with Crippen LogP contribution < -0.4 is 19.3 Å². The van der Waals surface area contributed by atoms with Crippen LogP contribution >= 0.6 is 0 Å². The molecule has 3 heterocycles. The molecule has 53 heavy (non-hydrogen) atoms. The van der Waals surface area contributed by atoms with Gasteiger partial charge in [0.25, 0.3) is 0 Å². The molecule has 13 heteroatoms. The van der Waals surface area contributed by atoms with Gasteiger partial charge >= 0.3 is 12.2 Å². The summed E-state index contributed by atoms with van der Waals surface area (Å²) in [5, 5.41) is 0.0104. The largest absolute Gasteiger partial charge is 0.497 e. The zero-order valence-electron chi connectivity index (χ0n) is 30.9. The Morgan fingerprint density at radius 3 is 2.02 bits per heavy atom. The number of anilines is 2. The molecule has 0 radical (unpaired) electrons. The maximum atomic E-state index is 16.6. The van der Waals surface area contributed by atoms with Gasteiger partial charge in [-0.3, -0.25) is 0 Å². The molecule has 0 saturated carbocycles. The van der Waals surface area contributed by atoms with Crippen LogP contribution in [0.5, 0.6) is 11.5 Å². The second-order valence-electron chi connectivity index (χ2n) is 14.2.